The van der Waals surface area contributed by atoms with Gasteiger partial charge in [0.15, 0.2) is 0 Å². The van der Waals surface area contributed by atoms with Crippen LogP contribution < -0.4 is 34.3 Å². The van der Waals surface area contributed by atoms with Gasteiger partial charge in [-0.25, -0.2) is 33.0 Å². The van der Waals surface area contributed by atoms with Gasteiger partial charge in [-0.3, -0.25) is 14.6 Å². The van der Waals surface area contributed by atoms with Gasteiger partial charge < -0.3 is 19.3 Å². The summed E-state index contributed by atoms with van der Waals surface area (Å²) in [4.78, 5) is 48.3. The summed E-state index contributed by atoms with van der Waals surface area (Å²) in [5.41, 5.74) is -1.47. The Kier molecular flexibility index (Phi) is 17.2. The molecule has 3 heterocycles. The van der Waals surface area contributed by atoms with E-state index in [4.69, 9.17) is 14.6 Å². The van der Waals surface area contributed by atoms with Crippen molar-refractivity contribution < 1.29 is 90.0 Å². The number of ether oxygens (including phenoxy) is 2. The molecule has 0 radical (unpaired) electrons. The van der Waals surface area contributed by atoms with Crippen LogP contribution in [0, 0.1) is 0 Å². The van der Waals surface area contributed by atoms with E-state index in [9.17, 15) is 41.1 Å². The van der Waals surface area contributed by atoms with E-state index in [1.54, 1.807) is 41.5 Å². The molecule has 0 saturated carbocycles. The number of carbonyl (C=O) groups excluding carboxylic acids is 3. The van der Waals surface area contributed by atoms with Crippen molar-refractivity contribution in [1.29, 1.82) is 0 Å². The Bertz CT molecular complexity index is 882. The zero-order valence-electron chi connectivity index (χ0n) is 26.0. The minimum absolute atomic E-state index is 0. The topological polar surface area (TPSA) is 120 Å². The van der Waals surface area contributed by atoms with E-state index in [0.717, 1.165) is 19.6 Å². The fourth-order valence-electron chi connectivity index (χ4n) is 3.92. The summed E-state index contributed by atoms with van der Waals surface area (Å²) in [5.74, 6) is -1.20. The monoisotopic (exact) mass is 646 g/mol. The van der Waals surface area contributed by atoms with Gasteiger partial charge in [-0.2, -0.15) is 13.2 Å². The summed E-state index contributed by atoms with van der Waals surface area (Å²) < 4.78 is 73.8. The zero-order chi connectivity index (χ0) is 32.1. The normalized spacial score (nSPS) is 25.2. The second-order valence-corrected chi connectivity index (χ2v) is 12.0. The molecule has 3 rings (SSSR count). The minimum atomic E-state index is -2.72. The van der Waals surface area contributed by atoms with Crippen LogP contribution in [-0.2, 0) is 19.1 Å². The summed E-state index contributed by atoms with van der Waals surface area (Å²) >= 11 is 0. The summed E-state index contributed by atoms with van der Waals surface area (Å²) in [7, 11) is 2.84. The second kappa shape index (κ2) is 17.0. The van der Waals surface area contributed by atoms with Gasteiger partial charge in [0, 0.05) is 25.9 Å². The Labute approximate surface area is 269 Å². The number of alkyl halides is 4. The Morgan fingerprint density at radius 1 is 0.767 bits per heavy atom. The molecule has 3 aliphatic rings. The third kappa shape index (κ3) is 13.8. The Balaban J connectivity index is 0. The van der Waals surface area contributed by atoms with Crippen molar-refractivity contribution in [3.8, 4) is 0 Å². The standard InChI is InChI=1S/C10H15F2NO3.C10H16FNO4.C5H10F2N2.FH.Na/c1-10(2,3)16-9(15)13-5-6(11)4-7(13)8(12)14;1-10(2,3)16-9(15)12-5-6(11)4-7(12)8(13)14;1-8-3-4-9(2)5(8,6)7;;/h6-7H,4-5H2,1-3H3;6-7H,4-5H2,1-3H3,(H,13,14);3-4H2,1-2H3;1H;/q;;;;+1/p-1/t2*6-,7+;;;/m11.../s1. The number of hydrogen-bond donors (Lipinski definition) is 1. The van der Waals surface area contributed by atoms with Crippen LogP contribution in [0.25, 0.3) is 0 Å². The van der Waals surface area contributed by atoms with Crippen molar-refractivity contribution in [1.82, 2.24) is 19.6 Å². The van der Waals surface area contributed by atoms with Crippen LogP contribution in [0.3, 0.4) is 0 Å². The van der Waals surface area contributed by atoms with E-state index in [1.807, 2.05) is 0 Å². The van der Waals surface area contributed by atoms with Gasteiger partial charge in [-0.05, 0) is 55.6 Å². The molecule has 0 aliphatic carbocycles. The second-order valence-electron chi connectivity index (χ2n) is 12.0. The maximum absolute atomic E-state index is 13.1. The van der Waals surface area contributed by atoms with Crippen LogP contribution in [0.4, 0.5) is 31.5 Å². The van der Waals surface area contributed by atoms with Gasteiger partial charge in [-0.15, -0.1) is 0 Å². The largest absolute Gasteiger partial charge is 1.00 e. The number of likely N-dealkylation sites (N-methyl/N-ethyl adjacent to an activating group) is 2. The molecule has 3 aliphatic heterocycles. The van der Waals surface area contributed by atoms with Gasteiger partial charge in [-0.1, -0.05) is 0 Å². The van der Waals surface area contributed by atoms with Crippen LogP contribution in [0.15, 0.2) is 0 Å². The van der Waals surface area contributed by atoms with Crippen LogP contribution in [-0.4, -0.2) is 131 Å². The van der Waals surface area contributed by atoms with E-state index in [2.05, 4.69) is 0 Å². The van der Waals surface area contributed by atoms with Crippen molar-refractivity contribution in [2.24, 2.45) is 0 Å². The summed E-state index contributed by atoms with van der Waals surface area (Å²) in [6, 6.07) is -4.17. The number of halogens is 6. The minimum Gasteiger partial charge on any atom is -1.00 e. The fraction of sp³-hybridized carbons (Fsp3) is 0.840. The number of aliphatic carboxylic acids is 1. The Hall–Kier alpha value is -1.82. The van der Waals surface area contributed by atoms with Gasteiger partial charge >= 0.3 is 59.9 Å². The molecule has 0 unspecified atom stereocenters. The number of carbonyl (C=O) groups is 4. The molecule has 3 saturated heterocycles. The molecule has 43 heavy (non-hydrogen) atoms. The van der Waals surface area contributed by atoms with E-state index in [0.29, 0.717) is 13.1 Å². The predicted molar refractivity (Wildman–Crippen MR) is 136 cm³/mol. The Morgan fingerprint density at radius 3 is 1.35 bits per heavy atom. The third-order valence-electron chi connectivity index (χ3n) is 5.99. The summed E-state index contributed by atoms with van der Waals surface area (Å²) in [6.07, 6.45) is -7.50. The van der Waals surface area contributed by atoms with Crippen LogP contribution >= 0.6 is 0 Å². The first kappa shape index (κ1) is 43.3. The quantitative estimate of drug-likeness (QED) is 0.153. The first-order chi connectivity index (χ1) is 18.5. The number of carboxylic acids is 1. The predicted octanol–water partition coefficient (Wildman–Crippen LogP) is -2.33. The summed E-state index contributed by atoms with van der Waals surface area (Å²) in [5, 5.41) is 8.83. The van der Waals surface area contributed by atoms with E-state index < -0.39 is 66.0 Å². The molecule has 0 bridgehead atoms. The molecule has 2 amide bonds. The number of amides is 2. The molecule has 1 N–H and O–H groups in total. The average molecular weight is 647 g/mol. The molecule has 4 atom stereocenters. The maximum Gasteiger partial charge on any atom is 1.00 e. The van der Waals surface area contributed by atoms with E-state index in [1.165, 1.54) is 14.1 Å². The van der Waals surface area contributed by atoms with Gasteiger partial charge in [0.2, 0.25) is 0 Å². The van der Waals surface area contributed by atoms with Crippen molar-refractivity contribution in [3.05, 3.63) is 0 Å². The van der Waals surface area contributed by atoms with Crippen LogP contribution in [0.5, 0.6) is 0 Å². The van der Waals surface area contributed by atoms with Crippen molar-refractivity contribution in [2.45, 2.75) is 96.2 Å². The first-order valence-electron chi connectivity index (χ1n) is 13.0. The van der Waals surface area contributed by atoms with Gasteiger partial charge in [0.1, 0.15) is 35.6 Å². The number of carboxylic acid groups (broad SMARTS) is 1. The van der Waals surface area contributed by atoms with Crippen molar-refractivity contribution >= 4 is 24.2 Å². The molecule has 0 aromatic rings. The first-order valence-corrected chi connectivity index (χ1v) is 13.0. The number of hydrogen-bond acceptors (Lipinski definition) is 8. The van der Waals surface area contributed by atoms with Crippen LogP contribution in [0.1, 0.15) is 54.4 Å². The molecule has 18 heteroatoms. The number of rotatable bonds is 2. The van der Waals surface area contributed by atoms with Crippen molar-refractivity contribution in [3.63, 3.8) is 0 Å². The number of nitrogens with zero attached hydrogens (tertiary/aromatic N) is 4. The number of likely N-dealkylation sites (tertiary alicyclic amines) is 2. The molecule has 0 aromatic carbocycles. The third-order valence-corrected chi connectivity index (χ3v) is 5.99. The summed E-state index contributed by atoms with van der Waals surface area (Å²) in [6.45, 7) is 10.3. The smallest absolute Gasteiger partial charge is 1.00 e. The molecular weight excluding hydrogens is 605 g/mol. The zero-order valence-corrected chi connectivity index (χ0v) is 28.0. The fourth-order valence-corrected chi connectivity index (χ4v) is 3.92. The molecule has 0 spiro atoms. The SMILES string of the molecule is CC(C)(C)OC(=O)N1C[C@H](F)C[C@H]1C(=O)F.CC(C)(C)OC(=O)N1C[C@H](F)C[C@H]1C(=O)O.CN1CCN(C)C1(F)F.[F-].[Na+]. The molecule has 246 valence electrons. The molecule has 0 aromatic heterocycles. The molecule has 11 nitrogen and oxygen atoms in total. The Morgan fingerprint density at radius 2 is 1.09 bits per heavy atom. The van der Waals surface area contributed by atoms with Crippen molar-refractivity contribution in [2.75, 3.05) is 40.3 Å². The average Bonchev–Trinajstić information content (AvgIpc) is 3.44. The van der Waals surface area contributed by atoms with Crippen LogP contribution in [0.2, 0.25) is 0 Å². The molecular formula is C25H41F6N4NaO7. The van der Waals surface area contributed by atoms with Gasteiger partial charge in [0.25, 0.3) is 0 Å². The van der Waals surface area contributed by atoms with Gasteiger partial charge in [0.05, 0.1) is 13.1 Å². The molecule has 3 fully saturated rings. The maximum atomic E-state index is 13.1. The van der Waals surface area contributed by atoms with E-state index in [-0.39, 0.29) is 60.2 Å². The van der Waals surface area contributed by atoms with E-state index >= 15 is 0 Å².